The Bertz CT molecular complexity index is 831. The van der Waals surface area contributed by atoms with Crippen LogP contribution in [-0.2, 0) is 6.42 Å². The molecule has 1 aliphatic rings. The van der Waals surface area contributed by atoms with Crippen LogP contribution in [0.5, 0.6) is 5.75 Å². The molecule has 1 amide bonds. The lowest BCUT2D eigenvalue weighted by molar-refractivity contribution is 0.0690. The molecule has 2 aromatic rings. The van der Waals surface area contributed by atoms with Gasteiger partial charge in [0, 0.05) is 31.7 Å². The first-order valence-electron chi connectivity index (χ1n) is 11.0. The van der Waals surface area contributed by atoms with Crippen molar-refractivity contribution in [3.05, 3.63) is 71.8 Å². The molecule has 1 atom stereocenters. The Morgan fingerprint density at radius 2 is 2.07 bits per heavy atom. The van der Waals surface area contributed by atoms with E-state index < -0.39 is 0 Å². The van der Waals surface area contributed by atoms with Crippen molar-refractivity contribution in [2.45, 2.75) is 26.2 Å². The molecular weight excluding hydrogens is 372 g/mol. The van der Waals surface area contributed by atoms with Crippen molar-refractivity contribution < 1.29 is 9.53 Å². The summed E-state index contributed by atoms with van der Waals surface area (Å²) in [5.41, 5.74) is 3.10. The minimum absolute atomic E-state index is 0.126. The van der Waals surface area contributed by atoms with Crippen LogP contribution in [0.3, 0.4) is 0 Å². The second kappa shape index (κ2) is 11.0. The van der Waals surface area contributed by atoms with Crippen molar-refractivity contribution in [3.63, 3.8) is 0 Å². The number of methoxy groups -OCH3 is 1. The highest BCUT2D eigenvalue weighted by Gasteiger charge is 2.24. The van der Waals surface area contributed by atoms with Gasteiger partial charge in [-0.2, -0.15) is 0 Å². The fraction of sp³-hybridized carbons (Fsp3) is 0.423. The summed E-state index contributed by atoms with van der Waals surface area (Å²) >= 11 is 0. The molecule has 2 aromatic carbocycles. The van der Waals surface area contributed by atoms with Crippen LogP contribution in [0.1, 0.15) is 41.3 Å². The second-order valence-corrected chi connectivity index (χ2v) is 8.08. The monoisotopic (exact) mass is 406 g/mol. The molecule has 4 nitrogen and oxygen atoms in total. The average molecular weight is 407 g/mol. The second-order valence-electron chi connectivity index (χ2n) is 8.08. The SMILES string of the molecule is C=Cc1ccc(C(=O)N(CC)C[C@H]2CCCN(CCc3cccc(OC)c3)C2)cc1. The predicted molar refractivity (Wildman–Crippen MR) is 124 cm³/mol. The molecule has 0 N–H and O–H groups in total. The molecule has 0 unspecified atom stereocenters. The molecule has 1 fully saturated rings. The smallest absolute Gasteiger partial charge is 0.253 e. The van der Waals surface area contributed by atoms with Crippen LogP contribution in [-0.4, -0.2) is 55.5 Å². The van der Waals surface area contributed by atoms with E-state index in [4.69, 9.17) is 4.74 Å². The van der Waals surface area contributed by atoms with E-state index in [1.807, 2.05) is 35.2 Å². The third-order valence-corrected chi connectivity index (χ3v) is 5.99. The van der Waals surface area contributed by atoms with Crippen molar-refractivity contribution >= 4 is 12.0 Å². The minimum atomic E-state index is 0.126. The van der Waals surface area contributed by atoms with Crippen LogP contribution >= 0.6 is 0 Å². The highest BCUT2D eigenvalue weighted by atomic mass is 16.5. The Balaban J connectivity index is 1.54. The molecule has 30 heavy (non-hydrogen) atoms. The van der Waals surface area contributed by atoms with Crippen molar-refractivity contribution in [2.24, 2.45) is 5.92 Å². The Morgan fingerprint density at radius 1 is 1.27 bits per heavy atom. The third kappa shape index (κ3) is 5.96. The van der Waals surface area contributed by atoms with Gasteiger partial charge in [-0.25, -0.2) is 0 Å². The highest BCUT2D eigenvalue weighted by Crippen LogP contribution is 2.20. The van der Waals surface area contributed by atoms with E-state index in [1.54, 1.807) is 13.2 Å². The van der Waals surface area contributed by atoms with E-state index in [-0.39, 0.29) is 5.91 Å². The third-order valence-electron chi connectivity index (χ3n) is 5.99. The summed E-state index contributed by atoms with van der Waals surface area (Å²) in [4.78, 5) is 17.5. The van der Waals surface area contributed by atoms with Gasteiger partial charge in [-0.15, -0.1) is 0 Å². The fourth-order valence-corrected chi connectivity index (χ4v) is 4.23. The van der Waals surface area contributed by atoms with Gasteiger partial charge in [-0.3, -0.25) is 4.79 Å². The minimum Gasteiger partial charge on any atom is -0.497 e. The summed E-state index contributed by atoms with van der Waals surface area (Å²) in [6, 6.07) is 16.0. The number of amides is 1. The number of piperidine rings is 1. The Hall–Kier alpha value is -2.59. The van der Waals surface area contributed by atoms with Gasteiger partial charge >= 0.3 is 0 Å². The molecule has 0 bridgehead atoms. The summed E-state index contributed by atoms with van der Waals surface area (Å²) in [6.45, 7) is 10.7. The normalized spacial score (nSPS) is 16.8. The Morgan fingerprint density at radius 3 is 2.77 bits per heavy atom. The molecule has 1 heterocycles. The molecule has 0 aromatic heterocycles. The first kappa shape index (κ1) is 22.1. The van der Waals surface area contributed by atoms with Crippen LogP contribution in [0.15, 0.2) is 55.1 Å². The van der Waals surface area contributed by atoms with E-state index in [2.05, 4.69) is 36.6 Å². The molecule has 0 radical (unpaired) electrons. The van der Waals surface area contributed by atoms with E-state index in [9.17, 15) is 4.79 Å². The Kier molecular flexibility index (Phi) is 8.09. The van der Waals surface area contributed by atoms with Crippen LogP contribution in [0.4, 0.5) is 0 Å². The van der Waals surface area contributed by atoms with Crippen molar-refractivity contribution in [3.8, 4) is 5.75 Å². The zero-order valence-electron chi connectivity index (χ0n) is 18.3. The van der Waals surface area contributed by atoms with Crippen molar-refractivity contribution in [2.75, 3.05) is 39.8 Å². The predicted octanol–water partition coefficient (Wildman–Crippen LogP) is 4.76. The molecule has 0 spiro atoms. The van der Waals surface area contributed by atoms with E-state index in [1.165, 1.54) is 18.4 Å². The van der Waals surface area contributed by atoms with Crippen LogP contribution < -0.4 is 4.74 Å². The maximum Gasteiger partial charge on any atom is 0.253 e. The first-order chi connectivity index (χ1) is 14.6. The number of rotatable bonds is 9. The summed E-state index contributed by atoms with van der Waals surface area (Å²) in [5, 5.41) is 0. The van der Waals surface area contributed by atoms with Crippen LogP contribution in [0.25, 0.3) is 6.08 Å². The molecular formula is C26H34N2O2. The molecule has 1 aliphatic heterocycles. The van der Waals surface area contributed by atoms with Gasteiger partial charge in [0.05, 0.1) is 7.11 Å². The van der Waals surface area contributed by atoms with E-state index in [0.717, 1.165) is 56.0 Å². The maximum absolute atomic E-state index is 13.0. The molecule has 4 heteroatoms. The standard InChI is InChI=1S/C26H34N2O2/c1-4-21-11-13-24(14-12-21)26(29)28(5-2)20-23-9-7-16-27(19-23)17-15-22-8-6-10-25(18-22)30-3/h4,6,8,10-14,18,23H,1,5,7,9,15-17,19-20H2,2-3H3/t23-/m0/s1. The van der Waals surface area contributed by atoms with Crippen LogP contribution in [0.2, 0.25) is 0 Å². The summed E-state index contributed by atoms with van der Waals surface area (Å²) < 4.78 is 5.34. The lowest BCUT2D eigenvalue weighted by Crippen LogP contribution is -2.43. The number of ether oxygens (including phenoxy) is 1. The van der Waals surface area contributed by atoms with Gasteiger partial charge in [0.15, 0.2) is 0 Å². The molecule has 3 rings (SSSR count). The molecule has 0 saturated carbocycles. The van der Waals surface area contributed by atoms with Gasteiger partial charge in [-0.1, -0.05) is 36.9 Å². The Labute approximate surface area is 181 Å². The average Bonchev–Trinajstić information content (AvgIpc) is 2.81. The number of carbonyl (C=O) groups excluding carboxylic acids is 1. The number of carbonyl (C=O) groups is 1. The lowest BCUT2D eigenvalue weighted by atomic mass is 9.96. The van der Waals surface area contributed by atoms with Crippen LogP contribution in [0, 0.1) is 5.92 Å². The zero-order chi connectivity index (χ0) is 21.3. The van der Waals surface area contributed by atoms with Gasteiger partial charge < -0.3 is 14.5 Å². The van der Waals surface area contributed by atoms with Gasteiger partial charge in [0.1, 0.15) is 5.75 Å². The summed E-state index contributed by atoms with van der Waals surface area (Å²) in [7, 11) is 1.71. The molecule has 0 aliphatic carbocycles. The first-order valence-corrected chi connectivity index (χ1v) is 11.0. The summed E-state index contributed by atoms with van der Waals surface area (Å²) in [6.07, 6.45) is 5.21. The van der Waals surface area contributed by atoms with Gasteiger partial charge in [0.25, 0.3) is 5.91 Å². The highest BCUT2D eigenvalue weighted by molar-refractivity contribution is 5.94. The lowest BCUT2D eigenvalue weighted by Gasteiger charge is -2.35. The zero-order valence-corrected chi connectivity index (χ0v) is 18.3. The van der Waals surface area contributed by atoms with E-state index >= 15 is 0 Å². The number of likely N-dealkylation sites (tertiary alicyclic amines) is 1. The summed E-state index contributed by atoms with van der Waals surface area (Å²) in [5.74, 6) is 1.57. The maximum atomic E-state index is 13.0. The number of hydrogen-bond acceptors (Lipinski definition) is 3. The van der Waals surface area contributed by atoms with E-state index in [0.29, 0.717) is 5.92 Å². The number of benzene rings is 2. The van der Waals surface area contributed by atoms with Crippen molar-refractivity contribution in [1.29, 1.82) is 0 Å². The van der Waals surface area contributed by atoms with Crippen molar-refractivity contribution in [1.82, 2.24) is 9.80 Å². The molecule has 160 valence electrons. The fourth-order valence-electron chi connectivity index (χ4n) is 4.23. The number of hydrogen-bond donors (Lipinski definition) is 0. The number of nitrogens with zero attached hydrogens (tertiary/aromatic N) is 2. The van der Waals surface area contributed by atoms with Gasteiger partial charge in [-0.05, 0) is 74.0 Å². The van der Waals surface area contributed by atoms with Gasteiger partial charge in [0.2, 0.25) is 0 Å². The largest absolute Gasteiger partial charge is 0.497 e. The topological polar surface area (TPSA) is 32.8 Å². The quantitative estimate of drug-likeness (QED) is 0.602. The molecule has 1 saturated heterocycles.